The van der Waals surface area contributed by atoms with E-state index in [2.05, 4.69) is 4.90 Å². The summed E-state index contributed by atoms with van der Waals surface area (Å²) in [4.78, 5) is 38.2. The van der Waals surface area contributed by atoms with Crippen LogP contribution in [0.25, 0.3) is 0 Å². The quantitative estimate of drug-likeness (QED) is 0.351. The molecule has 204 valence electrons. The molecule has 1 atom stereocenters. The minimum atomic E-state index is -5.17. The van der Waals surface area contributed by atoms with Crippen LogP contribution in [0.5, 0.6) is 5.75 Å². The van der Waals surface area contributed by atoms with E-state index in [0.29, 0.717) is 42.9 Å². The van der Waals surface area contributed by atoms with Crippen LogP contribution in [0.1, 0.15) is 46.8 Å². The number of nitrogens with one attached hydrogen (secondary N) is 1. The molecule has 3 rings (SSSR count). The lowest BCUT2D eigenvalue weighted by Gasteiger charge is -2.27. The second-order valence-electron chi connectivity index (χ2n) is 9.13. The molecule has 37 heavy (non-hydrogen) atoms. The maximum absolute atomic E-state index is 13.1. The summed E-state index contributed by atoms with van der Waals surface area (Å²) in [6.07, 6.45) is -2.83. The summed E-state index contributed by atoms with van der Waals surface area (Å²) in [5.41, 5.74) is 1.29. The lowest BCUT2D eigenvalue weighted by molar-refractivity contribution is -0.167. The number of carboxylic acid groups (broad SMARTS) is 1. The van der Waals surface area contributed by atoms with Gasteiger partial charge in [0.15, 0.2) is 0 Å². The lowest BCUT2D eigenvalue weighted by atomic mass is 9.92. The van der Waals surface area contributed by atoms with Crippen molar-refractivity contribution < 1.29 is 46.9 Å². The average Bonchev–Trinajstić information content (AvgIpc) is 3.23. The number of methoxy groups -OCH3 is 1. The molecule has 1 aromatic carbocycles. The highest BCUT2D eigenvalue weighted by Crippen LogP contribution is 2.42. The summed E-state index contributed by atoms with van der Waals surface area (Å²) in [5, 5.41) is 11.6. The molecule has 0 saturated carbocycles. The summed E-state index contributed by atoms with van der Waals surface area (Å²) in [5.74, 6) is -4.43. The molecule has 0 bridgehead atoms. The highest BCUT2D eigenvalue weighted by atomic mass is 19.4. The van der Waals surface area contributed by atoms with Crippen molar-refractivity contribution in [2.45, 2.75) is 45.9 Å². The van der Waals surface area contributed by atoms with Gasteiger partial charge in [-0.2, -0.15) is 13.2 Å². The van der Waals surface area contributed by atoms with Crippen molar-refractivity contribution in [3.05, 3.63) is 33.9 Å². The molecule has 1 fully saturated rings. The molecule has 2 aliphatic heterocycles. The van der Waals surface area contributed by atoms with E-state index in [1.54, 1.807) is 19.9 Å². The second kappa shape index (κ2) is 12.0. The monoisotopic (exact) mass is 528 g/mol. The molecular formula is C25H31F3N2O7. The summed E-state index contributed by atoms with van der Waals surface area (Å²) in [6.45, 7) is 6.56. The van der Waals surface area contributed by atoms with Crippen LogP contribution >= 0.6 is 0 Å². The van der Waals surface area contributed by atoms with Crippen molar-refractivity contribution in [2.24, 2.45) is 5.92 Å². The number of aliphatic carboxylic acids is 1. The zero-order chi connectivity index (χ0) is 27.3. The largest absolute Gasteiger partial charge is 0.496 e. The van der Waals surface area contributed by atoms with E-state index in [-0.39, 0.29) is 42.0 Å². The number of carboxylic acids is 1. The Morgan fingerprint density at radius 2 is 1.95 bits per heavy atom. The number of esters is 1. The first kappa shape index (κ1) is 28.5. The Morgan fingerprint density at radius 3 is 2.54 bits per heavy atom. The number of anilines is 1. The number of ether oxygens (including phenoxy) is 3. The van der Waals surface area contributed by atoms with E-state index in [4.69, 9.17) is 14.2 Å². The number of allylic oxidation sites excluding steroid dienone is 2. The topological polar surface area (TPSA) is 114 Å². The van der Waals surface area contributed by atoms with Gasteiger partial charge in [0.05, 0.1) is 37.5 Å². The fraction of sp³-hybridized carbons (Fsp3) is 0.560. The minimum absolute atomic E-state index is 0.000317. The van der Waals surface area contributed by atoms with Crippen molar-refractivity contribution in [3.63, 3.8) is 0 Å². The predicted octanol–water partition coefficient (Wildman–Crippen LogP) is 3.48. The first-order chi connectivity index (χ1) is 17.4. The Balaban J connectivity index is 1.87. The Hall–Kier alpha value is -3.12. The smallest absolute Gasteiger partial charge is 0.471 e. The van der Waals surface area contributed by atoms with Gasteiger partial charge in [0, 0.05) is 24.2 Å². The van der Waals surface area contributed by atoms with Crippen LogP contribution in [-0.2, 0) is 32.1 Å². The number of cyclic esters (lactones) is 1. The Morgan fingerprint density at radius 1 is 1.27 bits per heavy atom. The molecule has 0 aromatic heterocycles. The molecule has 2 heterocycles. The van der Waals surface area contributed by atoms with Gasteiger partial charge in [0.1, 0.15) is 12.4 Å². The highest BCUT2D eigenvalue weighted by Gasteiger charge is 2.41. The number of hydrogen-bond donors (Lipinski definition) is 2. The molecular weight excluding hydrogens is 497 g/mol. The second-order valence-corrected chi connectivity index (χ2v) is 9.13. The van der Waals surface area contributed by atoms with Crippen LogP contribution in [0.3, 0.4) is 0 Å². The van der Waals surface area contributed by atoms with E-state index in [1.165, 1.54) is 7.11 Å². The van der Waals surface area contributed by atoms with Crippen LogP contribution in [0.15, 0.2) is 11.6 Å². The standard InChI is InChI=1S/C25H31F3N2O7/c1-14(12-16(22(31)32)6-7-30-8-10-36-11-9-30)4-5-17-20(29-24(34)25(26,27)28)19-18(13-37-23(19)33)15(2)21(17)35-3/h4,16H,5-13H2,1-3H3,(H,29,34)(H,31,32)/b14-4+. The number of alkyl halides is 3. The van der Waals surface area contributed by atoms with E-state index >= 15 is 0 Å². The SMILES string of the molecule is COc1c(C)c2c(c(NC(=O)C(F)(F)F)c1C/C=C(\C)CC(CCN1CCOCC1)C(=O)O)C(=O)OC2. The van der Waals surface area contributed by atoms with Gasteiger partial charge in [0.2, 0.25) is 0 Å². The number of morpholine rings is 1. The third-order valence-corrected chi connectivity index (χ3v) is 6.64. The third kappa shape index (κ3) is 6.80. The van der Waals surface area contributed by atoms with E-state index < -0.39 is 29.9 Å². The van der Waals surface area contributed by atoms with Gasteiger partial charge >= 0.3 is 24.0 Å². The number of amides is 1. The molecule has 0 aliphatic carbocycles. The molecule has 9 nitrogen and oxygen atoms in total. The highest BCUT2D eigenvalue weighted by molar-refractivity contribution is 6.07. The van der Waals surface area contributed by atoms with Gasteiger partial charge in [-0.15, -0.1) is 0 Å². The molecule has 0 spiro atoms. The molecule has 1 saturated heterocycles. The summed E-state index contributed by atoms with van der Waals surface area (Å²) in [7, 11) is 1.34. The van der Waals surface area contributed by atoms with Crippen LogP contribution in [-0.4, -0.2) is 74.0 Å². The van der Waals surface area contributed by atoms with Gasteiger partial charge in [0.25, 0.3) is 0 Å². The predicted molar refractivity (Wildman–Crippen MR) is 127 cm³/mol. The number of carbonyl (C=O) groups excluding carboxylic acids is 2. The molecule has 2 N–H and O–H groups in total. The fourth-order valence-electron chi connectivity index (χ4n) is 4.60. The number of carbonyl (C=O) groups is 3. The Bertz CT molecular complexity index is 1080. The normalized spacial score (nSPS) is 17.2. The zero-order valence-electron chi connectivity index (χ0n) is 21.0. The third-order valence-electron chi connectivity index (χ3n) is 6.64. The van der Waals surface area contributed by atoms with Crippen molar-refractivity contribution in [1.29, 1.82) is 0 Å². The maximum atomic E-state index is 13.1. The summed E-state index contributed by atoms with van der Waals surface area (Å²) >= 11 is 0. The van der Waals surface area contributed by atoms with Crippen LogP contribution in [0, 0.1) is 12.8 Å². The maximum Gasteiger partial charge on any atom is 0.471 e. The van der Waals surface area contributed by atoms with Gasteiger partial charge in [-0.25, -0.2) is 4.79 Å². The van der Waals surface area contributed by atoms with E-state index in [1.807, 2.05) is 5.32 Å². The molecule has 1 amide bonds. The van der Waals surface area contributed by atoms with Crippen molar-refractivity contribution in [2.75, 3.05) is 45.3 Å². The number of benzene rings is 1. The van der Waals surface area contributed by atoms with Crippen molar-refractivity contribution in [1.82, 2.24) is 4.90 Å². The minimum Gasteiger partial charge on any atom is -0.496 e. The van der Waals surface area contributed by atoms with Crippen LogP contribution in [0.4, 0.5) is 18.9 Å². The molecule has 1 unspecified atom stereocenters. The van der Waals surface area contributed by atoms with Gasteiger partial charge in [-0.05, 0) is 45.2 Å². The number of halogens is 3. The van der Waals surface area contributed by atoms with Gasteiger partial charge < -0.3 is 24.6 Å². The molecule has 12 heteroatoms. The molecule has 2 aliphatic rings. The van der Waals surface area contributed by atoms with Crippen molar-refractivity contribution in [3.8, 4) is 5.75 Å². The van der Waals surface area contributed by atoms with Crippen LogP contribution in [0.2, 0.25) is 0 Å². The first-order valence-corrected chi connectivity index (χ1v) is 11.9. The van der Waals surface area contributed by atoms with E-state index in [9.17, 15) is 32.7 Å². The Kier molecular flexibility index (Phi) is 9.19. The Labute approximate surface area is 212 Å². The molecule has 1 aromatic rings. The van der Waals surface area contributed by atoms with E-state index in [0.717, 1.165) is 13.1 Å². The summed E-state index contributed by atoms with van der Waals surface area (Å²) < 4.78 is 55.0. The number of hydrogen-bond acceptors (Lipinski definition) is 7. The first-order valence-electron chi connectivity index (χ1n) is 11.9. The van der Waals surface area contributed by atoms with Gasteiger partial charge in [-0.3, -0.25) is 14.5 Å². The number of rotatable bonds is 10. The number of fused-ring (bicyclic) bond motifs is 1. The number of nitrogens with zero attached hydrogens (tertiary/aromatic N) is 1. The molecule has 0 radical (unpaired) electrons. The van der Waals surface area contributed by atoms with Crippen LogP contribution < -0.4 is 10.1 Å². The van der Waals surface area contributed by atoms with Crippen molar-refractivity contribution >= 4 is 23.5 Å². The average molecular weight is 529 g/mol. The summed E-state index contributed by atoms with van der Waals surface area (Å²) in [6, 6.07) is 0. The lowest BCUT2D eigenvalue weighted by Crippen LogP contribution is -2.38. The fourth-order valence-corrected chi connectivity index (χ4v) is 4.60. The zero-order valence-corrected chi connectivity index (χ0v) is 21.0. The van der Waals surface area contributed by atoms with Gasteiger partial charge in [-0.1, -0.05) is 11.6 Å².